The zero-order chi connectivity index (χ0) is 26.5. The molecule has 0 spiro atoms. The highest BCUT2D eigenvalue weighted by Gasteiger charge is 2.35. The van der Waals surface area contributed by atoms with Crippen LogP contribution in [0.1, 0.15) is 46.0 Å². The van der Waals surface area contributed by atoms with Crippen molar-refractivity contribution in [3.63, 3.8) is 0 Å². The van der Waals surface area contributed by atoms with Crippen molar-refractivity contribution in [3.8, 4) is 23.3 Å². The second-order valence-corrected chi connectivity index (χ2v) is 13.7. The van der Waals surface area contributed by atoms with Crippen molar-refractivity contribution in [3.05, 3.63) is 70.4 Å². The molecule has 6 nitrogen and oxygen atoms in total. The van der Waals surface area contributed by atoms with Crippen LogP contribution in [0.25, 0.3) is 16.7 Å². The van der Waals surface area contributed by atoms with Gasteiger partial charge in [-0.05, 0) is 62.2 Å². The molecule has 10 heteroatoms. The van der Waals surface area contributed by atoms with E-state index in [4.69, 9.17) is 9.72 Å². The van der Waals surface area contributed by atoms with Crippen LogP contribution in [-0.2, 0) is 4.57 Å². The Labute approximate surface area is 217 Å². The molecule has 4 aromatic rings. The summed E-state index contributed by atoms with van der Waals surface area (Å²) in [4.78, 5) is 20.5. The Morgan fingerprint density at radius 2 is 1.95 bits per heavy atom. The summed E-state index contributed by atoms with van der Waals surface area (Å²) in [5.41, 5.74) is 2.46. The summed E-state index contributed by atoms with van der Waals surface area (Å²) in [5, 5.41) is 0. The van der Waals surface area contributed by atoms with Crippen molar-refractivity contribution in [1.82, 2.24) is 14.5 Å². The Hall–Kier alpha value is -3.47. The molecule has 1 atom stereocenters. The Morgan fingerprint density at radius 3 is 2.62 bits per heavy atom. The van der Waals surface area contributed by atoms with E-state index in [0.29, 0.717) is 28.8 Å². The van der Waals surface area contributed by atoms with Crippen LogP contribution in [0.4, 0.5) is 8.78 Å². The van der Waals surface area contributed by atoms with Gasteiger partial charge in [0.2, 0.25) is 0 Å². The summed E-state index contributed by atoms with van der Waals surface area (Å²) >= 11 is 1.41. The fourth-order valence-corrected chi connectivity index (χ4v) is 6.73. The molecule has 2 aromatic carbocycles. The number of rotatable bonds is 4. The van der Waals surface area contributed by atoms with E-state index >= 15 is 0 Å². The highest BCUT2D eigenvalue weighted by atomic mass is 32.1. The lowest BCUT2D eigenvalue weighted by atomic mass is 10.1. The average molecular weight is 540 g/mol. The van der Waals surface area contributed by atoms with Gasteiger partial charge in [0.1, 0.15) is 18.7 Å². The van der Waals surface area contributed by atoms with Crippen LogP contribution in [0.3, 0.4) is 0 Å². The van der Waals surface area contributed by atoms with Gasteiger partial charge < -0.3 is 14.2 Å². The number of hydrogen-bond donors (Lipinski definition) is 0. The molecule has 0 aliphatic carbocycles. The molecule has 2 aromatic heterocycles. The summed E-state index contributed by atoms with van der Waals surface area (Å²) in [6.07, 6.45) is 0.580. The van der Waals surface area contributed by atoms with Crippen molar-refractivity contribution in [2.45, 2.75) is 26.0 Å². The molecule has 1 aliphatic heterocycles. The number of aromatic nitrogens is 2. The third kappa shape index (κ3) is 4.56. The second-order valence-electron chi connectivity index (χ2n) is 9.12. The van der Waals surface area contributed by atoms with Gasteiger partial charge in [-0.1, -0.05) is 24.8 Å². The fourth-order valence-electron chi connectivity index (χ4n) is 4.53. The van der Waals surface area contributed by atoms with Crippen LogP contribution in [0, 0.1) is 11.8 Å². The van der Waals surface area contributed by atoms with Crippen molar-refractivity contribution >= 4 is 40.0 Å². The molecule has 3 heterocycles. The smallest absolute Gasteiger partial charge is 0.387 e. The number of para-hydroxylation sites is 1. The minimum atomic E-state index is -3.05. The number of carbonyl (C=O) groups excluding carboxylic acids is 1. The van der Waals surface area contributed by atoms with E-state index < -0.39 is 13.8 Å². The minimum Gasteiger partial charge on any atom is -0.433 e. The molecule has 0 N–H and O–H groups in total. The lowest BCUT2D eigenvalue weighted by molar-refractivity contribution is -0.0498. The Kier molecular flexibility index (Phi) is 6.43. The quantitative estimate of drug-likeness (QED) is 0.240. The molecule has 5 rings (SSSR count). The van der Waals surface area contributed by atoms with Gasteiger partial charge in [-0.25, -0.2) is 4.98 Å². The van der Waals surface area contributed by atoms with Gasteiger partial charge >= 0.3 is 6.61 Å². The number of ether oxygens (including phenoxy) is 1. The molecular formula is C27H24F2N3O3PS. The van der Waals surface area contributed by atoms with Crippen LogP contribution in [0.15, 0.2) is 48.5 Å². The molecule has 190 valence electrons. The number of nitrogens with zero attached hydrogens (tertiary/aromatic N) is 3. The van der Waals surface area contributed by atoms with E-state index in [1.807, 2.05) is 37.3 Å². The molecule has 0 saturated carbocycles. The van der Waals surface area contributed by atoms with E-state index in [2.05, 4.69) is 11.8 Å². The average Bonchev–Trinajstić information content (AvgIpc) is 3.45. The van der Waals surface area contributed by atoms with E-state index in [0.717, 1.165) is 9.50 Å². The maximum atomic E-state index is 13.3. The van der Waals surface area contributed by atoms with E-state index in [1.165, 1.54) is 23.5 Å². The molecule has 1 aliphatic rings. The number of halogens is 2. The van der Waals surface area contributed by atoms with Gasteiger partial charge in [0.05, 0.1) is 32.1 Å². The number of carbonyl (C=O) groups is 1. The predicted molar refractivity (Wildman–Crippen MR) is 142 cm³/mol. The molecule has 0 radical (unpaired) electrons. The van der Waals surface area contributed by atoms with Crippen LogP contribution in [0.2, 0.25) is 0 Å². The summed E-state index contributed by atoms with van der Waals surface area (Å²) in [6.45, 7) is 2.35. The monoisotopic (exact) mass is 539 g/mol. The molecule has 1 unspecified atom stereocenters. The number of alkyl halides is 2. The molecular weight excluding hydrogens is 515 g/mol. The predicted octanol–water partition coefficient (Wildman–Crippen LogP) is 5.87. The van der Waals surface area contributed by atoms with E-state index in [9.17, 15) is 18.1 Å². The number of thiophene rings is 1. The van der Waals surface area contributed by atoms with Crippen molar-refractivity contribution in [1.29, 1.82) is 0 Å². The molecule has 0 fully saturated rings. The lowest BCUT2D eigenvalue weighted by Gasteiger charge is -2.24. The van der Waals surface area contributed by atoms with Gasteiger partial charge in [-0.2, -0.15) is 8.78 Å². The molecule has 0 bridgehead atoms. The summed E-state index contributed by atoms with van der Waals surface area (Å²) in [7, 11) is -0.669. The largest absolute Gasteiger partial charge is 0.433 e. The van der Waals surface area contributed by atoms with Crippen LogP contribution in [-0.4, -0.2) is 47.3 Å². The first kappa shape index (κ1) is 25.2. The van der Waals surface area contributed by atoms with Gasteiger partial charge in [-0.15, -0.1) is 11.3 Å². The zero-order valence-electron chi connectivity index (χ0n) is 20.7. The van der Waals surface area contributed by atoms with Gasteiger partial charge in [0, 0.05) is 12.6 Å². The third-order valence-corrected chi connectivity index (χ3v) is 9.88. The topological polar surface area (TPSA) is 64.4 Å². The summed E-state index contributed by atoms with van der Waals surface area (Å²) in [5.74, 6) is 6.43. The number of fused-ring (bicyclic) bond motifs is 5. The Morgan fingerprint density at radius 1 is 1.16 bits per heavy atom. The highest BCUT2D eigenvalue weighted by Crippen LogP contribution is 2.40. The lowest BCUT2D eigenvalue weighted by Crippen LogP contribution is -2.30. The maximum absolute atomic E-state index is 13.3. The standard InChI is InChI=1S/C27H24F2N3O3PS/c1-5-20-25-30-19-13-10-16(9-11-17-12-14-23(37-17)36(3,4)34)15-21(19)32(25)24-18(26(33)31(20)2)7-6-8-22(24)35-27(28)29/h6-8,10,12-15,20,27H,5H2,1-4H3. The maximum Gasteiger partial charge on any atom is 0.387 e. The van der Waals surface area contributed by atoms with E-state index in [1.54, 1.807) is 35.9 Å². The van der Waals surface area contributed by atoms with E-state index in [-0.39, 0.29) is 28.9 Å². The minimum absolute atomic E-state index is 0.0993. The fraction of sp³-hybridized carbons (Fsp3) is 0.259. The van der Waals surface area contributed by atoms with Gasteiger partial charge in [0.25, 0.3) is 5.91 Å². The second kappa shape index (κ2) is 9.44. The summed E-state index contributed by atoms with van der Waals surface area (Å²) < 4.78 is 46.5. The Balaban J connectivity index is 1.71. The van der Waals surface area contributed by atoms with Gasteiger partial charge in [-0.3, -0.25) is 9.36 Å². The molecule has 1 amide bonds. The number of benzene rings is 2. The zero-order valence-corrected chi connectivity index (χ0v) is 22.4. The van der Waals surface area contributed by atoms with Crippen LogP contribution >= 0.6 is 18.5 Å². The van der Waals surface area contributed by atoms with Crippen molar-refractivity contribution < 1.29 is 22.9 Å². The third-order valence-electron chi connectivity index (χ3n) is 6.27. The Bertz CT molecular complexity index is 1640. The van der Waals surface area contributed by atoms with Crippen LogP contribution < -0.4 is 9.36 Å². The SMILES string of the molecule is CCC1c2nc3ccc(C#Cc4ccc(P(C)(C)=O)s4)cc3n2-c2c(OC(F)F)cccc2C(=O)N1C. The first-order chi connectivity index (χ1) is 17.6. The van der Waals surface area contributed by atoms with Crippen LogP contribution in [0.5, 0.6) is 5.75 Å². The molecule has 37 heavy (non-hydrogen) atoms. The number of amides is 1. The highest BCUT2D eigenvalue weighted by molar-refractivity contribution is 7.75. The van der Waals surface area contributed by atoms with Crippen molar-refractivity contribution in [2.24, 2.45) is 0 Å². The summed E-state index contributed by atoms with van der Waals surface area (Å²) in [6, 6.07) is 13.4. The van der Waals surface area contributed by atoms with Gasteiger partial charge in [0.15, 0.2) is 5.75 Å². The first-order valence-corrected chi connectivity index (χ1v) is 15.1. The number of hydrogen-bond acceptors (Lipinski definition) is 5. The van der Waals surface area contributed by atoms with Crippen molar-refractivity contribution in [2.75, 3.05) is 20.4 Å². The molecule has 0 saturated heterocycles. The normalized spacial score (nSPS) is 15.3. The number of imidazole rings is 1. The first-order valence-electron chi connectivity index (χ1n) is 11.6.